The molecule has 170 valence electrons. The summed E-state index contributed by atoms with van der Waals surface area (Å²) >= 11 is 0. The number of pyridine rings is 1. The third-order valence-corrected chi connectivity index (χ3v) is 6.73. The lowest BCUT2D eigenvalue weighted by Crippen LogP contribution is -2.42. The second-order valence-electron chi connectivity index (χ2n) is 9.32. The lowest BCUT2D eigenvalue weighted by atomic mass is 9.92. The lowest BCUT2D eigenvalue weighted by Gasteiger charge is -2.31. The van der Waals surface area contributed by atoms with Gasteiger partial charge in [-0.05, 0) is 62.7 Å². The molecule has 0 bridgehead atoms. The highest BCUT2D eigenvalue weighted by Crippen LogP contribution is 2.41. The van der Waals surface area contributed by atoms with E-state index in [0.29, 0.717) is 13.0 Å². The fourth-order valence-corrected chi connectivity index (χ4v) is 4.95. The Bertz CT molecular complexity index is 1170. The van der Waals surface area contributed by atoms with Crippen molar-refractivity contribution in [3.63, 3.8) is 0 Å². The fourth-order valence-electron chi connectivity index (χ4n) is 4.95. The van der Waals surface area contributed by atoms with E-state index in [9.17, 15) is 9.59 Å². The Morgan fingerprint density at radius 2 is 1.79 bits per heavy atom. The maximum atomic E-state index is 12.4. The molecule has 0 radical (unpaired) electrons. The molecule has 6 heteroatoms. The Balaban J connectivity index is 1.44. The fraction of sp³-hybridized carbons (Fsp3) is 0.370. The van der Waals surface area contributed by atoms with Gasteiger partial charge in [-0.1, -0.05) is 18.2 Å². The van der Waals surface area contributed by atoms with Gasteiger partial charge in [0.15, 0.2) is 5.78 Å². The molecule has 1 saturated heterocycles. The van der Waals surface area contributed by atoms with Gasteiger partial charge in [0.2, 0.25) is 5.91 Å². The summed E-state index contributed by atoms with van der Waals surface area (Å²) in [6, 6.07) is 12.2. The van der Waals surface area contributed by atoms with E-state index < -0.39 is 0 Å². The number of piperidine rings is 1. The zero-order valence-electron chi connectivity index (χ0n) is 19.2. The minimum Gasteiger partial charge on any atom is -0.460 e. The molecule has 0 atom stereocenters. The Labute approximate surface area is 194 Å². The first-order chi connectivity index (χ1) is 16.0. The predicted molar refractivity (Wildman–Crippen MR) is 127 cm³/mol. The molecule has 1 aliphatic carbocycles. The molecular weight excluding hydrogens is 414 g/mol. The predicted octanol–water partition coefficient (Wildman–Crippen LogP) is 4.41. The molecule has 1 fully saturated rings. The normalized spacial score (nSPS) is 16.5. The van der Waals surface area contributed by atoms with Gasteiger partial charge in [-0.15, -0.1) is 0 Å². The second-order valence-corrected chi connectivity index (χ2v) is 9.32. The number of carbonyl (C=O) groups excluding carboxylic acids is 2. The summed E-state index contributed by atoms with van der Waals surface area (Å²) in [7, 11) is 3.84. The Morgan fingerprint density at radius 3 is 2.52 bits per heavy atom. The first-order valence-corrected chi connectivity index (χ1v) is 11.6. The number of aromatic nitrogens is 1. The number of likely N-dealkylation sites (N-methyl/N-ethyl adjacent to an activating group) is 1. The van der Waals surface area contributed by atoms with E-state index >= 15 is 0 Å². The van der Waals surface area contributed by atoms with Crippen molar-refractivity contribution >= 4 is 11.7 Å². The van der Waals surface area contributed by atoms with Gasteiger partial charge in [-0.3, -0.25) is 14.6 Å². The molecule has 3 aromatic rings. The van der Waals surface area contributed by atoms with Gasteiger partial charge in [0.1, 0.15) is 11.5 Å². The molecule has 0 saturated carbocycles. The quantitative estimate of drug-likeness (QED) is 0.585. The summed E-state index contributed by atoms with van der Waals surface area (Å²) in [4.78, 5) is 32.5. The zero-order chi connectivity index (χ0) is 22.9. The SMILES string of the molecule is CN(C)CC(=O)N1CCC(c2cc(-c3ccc4c(c3)CCC4=O)c(-c3ccncc3)o2)CC1. The first kappa shape index (κ1) is 21.6. The molecule has 6 nitrogen and oxygen atoms in total. The lowest BCUT2D eigenvalue weighted by molar-refractivity contribution is -0.132. The number of amides is 1. The van der Waals surface area contributed by atoms with Crippen molar-refractivity contribution in [3.8, 4) is 22.5 Å². The number of rotatable bonds is 5. The number of hydrogen-bond donors (Lipinski definition) is 0. The summed E-state index contributed by atoms with van der Waals surface area (Å²) in [6.07, 6.45) is 6.73. The molecule has 5 rings (SSSR count). The summed E-state index contributed by atoms with van der Waals surface area (Å²) in [5.41, 5.74) is 5.08. The topological polar surface area (TPSA) is 66.7 Å². The van der Waals surface area contributed by atoms with Crippen LogP contribution in [0.4, 0.5) is 0 Å². The van der Waals surface area contributed by atoms with Crippen LogP contribution >= 0.6 is 0 Å². The van der Waals surface area contributed by atoms with E-state index in [1.165, 1.54) is 0 Å². The Kier molecular flexibility index (Phi) is 5.85. The molecule has 1 aliphatic heterocycles. The van der Waals surface area contributed by atoms with Crippen molar-refractivity contribution < 1.29 is 14.0 Å². The van der Waals surface area contributed by atoms with Crippen molar-refractivity contribution in [1.29, 1.82) is 0 Å². The molecule has 2 aliphatic rings. The molecule has 3 heterocycles. The minimum absolute atomic E-state index is 0.184. The Hall–Kier alpha value is -3.25. The molecule has 33 heavy (non-hydrogen) atoms. The standard InChI is InChI=1S/C27H29N3O3/c1-29(2)17-26(32)30-13-9-18(10-14-30)25-16-23(27(33-25)19-7-11-28-12-8-19)21-3-5-22-20(15-21)4-6-24(22)31/h3,5,7-8,11-12,15-16,18H,4,6,9-10,13-14,17H2,1-2H3. The van der Waals surface area contributed by atoms with Crippen LogP contribution in [-0.4, -0.2) is 60.2 Å². The molecule has 0 unspecified atom stereocenters. The molecule has 1 aromatic carbocycles. The van der Waals surface area contributed by atoms with Crippen LogP contribution in [0.1, 0.15) is 46.9 Å². The monoisotopic (exact) mass is 443 g/mol. The summed E-state index contributed by atoms with van der Waals surface area (Å²) in [5.74, 6) is 2.49. The van der Waals surface area contributed by atoms with Crippen molar-refractivity contribution in [2.24, 2.45) is 0 Å². The van der Waals surface area contributed by atoms with Gasteiger partial charge in [0.05, 0.1) is 6.54 Å². The van der Waals surface area contributed by atoms with Crippen LogP contribution in [0.3, 0.4) is 0 Å². The van der Waals surface area contributed by atoms with E-state index in [1.54, 1.807) is 12.4 Å². The van der Waals surface area contributed by atoms with Crippen molar-refractivity contribution in [2.75, 3.05) is 33.7 Å². The third kappa shape index (κ3) is 4.35. The number of Topliss-reactive ketones (excluding diaryl/α,β-unsaturated/α-hetero) is 1. The van der Waals surface area contributed by atoms with Crippen LogP contribution < -0.4 is 0 Å². The summed E-state index contributed by atoms with van der Waals surface area (Å²) in [5, 5.41) is 0. The van der Waals surface area contributed by atoms with Crippen LogP contribution in [0.25, 0.3) is 22.5 Å². The van der Waals surface area contributed by atoms with Gasteiger partial charge in [0, 0.05) is 54.5 Å². The van der Waals surface area contributed by atoms with E-state index in [0.717, 1.165) is 71.7 Å². The molecular formula is C27H29N3O3. The van der Waals surface area contributed by atoms with Crippen LogP contribution in [0.2, 0.25) is 0 Å². The van der Waals surface area contributed by atoms with Crippen molar-refractivity contribution in [3.05, 3.63) is 65.7 Å². The number of furan rings is 1. The number of hydrogen-bond acceptors (Lipinski definition) is 5. The highest BCUT2D eigenvalue weighted by Gasteiger charge is 2.28. The van der Waals surface area contributed by atoms with Crippen molar-refractivity contribution in [1.82, 2.24) is 14.8 Å². The van der Waals surface area contributed by atoms with Gasteiger partial charge >= 0.3 is 0 Å². The number of carbonyl (C=O) groups is 2. The van der Waals surface area contributed by atoms with Crippen molar-refractivity contribution in [2.45, 2.75) is 31.6 Å². The highest BCUT2D eigenvalue weighted by molar-refractivity contribution is 6.01. The molecule has 0 spiro atoms. The average Bonchev–Trinajstić information content (AvgIpc) is 3.43. The zero-order valence-corrected chi connectivity index (χ0v) is 19.2. The first-order valence-electron chi connectivity index (χ1n) is 11.6. The molecule has 2 aromatic heterocycles. The summed E-state index contributed by atoms with van der Waals surface area (Å²) < 4.78 is 6.49. The maximum absolute atomic E-state index is 12.4. The smallest absolute Gasteiger partial charge is 0.236 e. The van der Waals surface area contributed by atoms with Crippen LogP contribution in [0, 0.1) is 0 Å². The number of fused-ring (bicyclic) bond motifs is 1. The van der Waals surface area contributed by atoms with E-state index in [-0.39, 0.29) is 17.6 Å². The van der Waals surface area contributed by atoms with Crippen LogP contribution in [0.15, 0.2) is 53.2 Å². The number of benzene rings is 1. The average molecular weight is 444 g/mol. The van der Waals surface area contributed by atoms with Gasteiger partial charge in [-0.25, -0.2) is 0 Å². The van der Waals surface area contributed by atoms with Crippen LogP contribution in [0.5, 0.6) is 0 Å². The van der Waals surface area contributed by atoms with Gasteiger partial charge in [0.25, 0.3) is 0 Å². The largest absolute Gasteiger partial charge is 0.460 e. The Morgan fingerprint density at radius 1 is 1.03 bits per heavy atom. The second kappa shape index (κ2) is 8.94. The maximum Gasteiger partial charge on any atom is 0.236 e. The van der Waals surface area contributed by atoms with E-state index in [2.05, 4.69) is 17.1 Å². The number of aryl methyl sites for hydroxylation is 1. The van der Waals surface area contributed by atoms with E-state index in [1.807, 2.05) is 48.2 Å². The van der Waals surface area contributed by atoms with Gasteiger partial charge < -0.3 is 14.2 Å². The third-order valence-electron chi connectivity index (χ3n) is 6.73. The highest BCUT2D eigenvalue weighted by atomic mass is 16.3. The van der Waals surface area contributed by atoms with E-state index in [4.69, 9.17) is 4.42 Å². The molecule has 1 amide bonds. The number of ketones is 1. The van der Waals surface area contributed by atoms with Crippen LogP contribution in [-0.2, 0) is 11.2 Å². The van der Waals surface area contributed by atoms with Gasteiger partial charge in [-0.2, -0.15) is 0 Å². The number of nitrogens with zero attached hydrogens (tertiary/aromatic N) is 3. The summed E-state index contributed by atoms with van der Waals surface area (Å²) in [6.45, 7) is 1.94. The minimum atomic E-state index is 0.184. The molecule has 0 N–H and O–H groups in total. The number of likely N-dealkylation sites (tertiary alicyclic amines) is 1.